The van der Waals surface area contributed by atoms with E-state index in [0.29, 0.717) is 24.1 Å². The van der Waals surface area contributed by atoms with E-state index < -0.39 is 0 Å². The SMILES string of the molecule is [C-]#[N+]c1ccc(-c2nc(OC[C@@H]3CCN(C)C3)c3nc(CN(C)C)cn3c2-c2ccc(C)cc2)cc1. The van der Waals surface area contributed by atoms with E-state index in [9.17, 15) is 0 Å². The molecule has 1 saturated heterocycles. The molecule has 0 bridgehead atoms. The van der Waals surface area contributed by atoms with Gasteiger partial charge < -0.3 is 14.5 Å². The Balaban J connectivity index is 1.69. The number of nitrogens with zero attached hydrogens (tertiary/aromatic N) is 6. The quantitative estimate of drug-likeness (QED) is 0.335. The van der Waals surface area contributed by atoms with Crippen LogP contribution >= 0.6 is 0 Å². The van der Waals surface area contributed by atoms with Crippen LogP contribution in [0.4, 0.5) is 5.69 Å². The highest BCUT2D eigenvalue weighted by Crippen LogP contribution is 2.36. The number of imidazole rings is 1. The van der Waals surface area contributed by atoms with Crippen molar-refractivity contribution in [2.45, 2.75) is 19.9 Å². The summed E-state index contributed by atoms with van der Waals surface area (Å²) in [6.07, 6.45) is 3.22. The number of likely N-dealkylation sites (tertiary alicyclic amines) is 1. The van der Waals surface area contributed by atoms with Crippen molar-refractivity contribution in [2.75, 3.05) is 40.8 Å². The number of aryl methyl sites for hydroxylation is 1. The van der Waals surface area contributed by atoms with Gasteiger partial charge in [0.15, 0.2) is 5.69 Å². The normalized spacial score (nSPS) is 16.1. The van der Waals surface area contributed by atoms with E-state index >= 15 is 0 Å². The summed E-state index contributed by atoms with van der Waals surface area (Å²) in [7, 11) is 6.24. The first-order chi connectivity index (χ1) is 17.4. The van der Waals surface area contributed by atoms with E-state index in [2.05, 4.69) is 63.5 Å². The number of aromatic nitrogens is 3. The van der Waals surface area contributed by atoms with Gasteiger partial charge in [0.2, 0.25) is 5.65 Å². The summed E-state index contributed by atoms with van der Waals surface area (Å²) in [5.41, 5.74) is 7.27. The summed E-state index contributed by atoms with van der Waals surface area (Å²) in [6.45, 7) is 12.9. The molecule has 2 aromatic carbocycles. The van der Waals surface area contributed by atoms with Crippen molar-refractivity contribution in [3.63, 3.8) is 0 Å². The maximum Gasteiger partial charge on any atom is 0.259 e. The number of hydrogen-bond donors (Lipinski definition) is 0. The molecule has 1 atom stereocenters. The first-order valence-electron chi connectivity index (χ1n) is 12.3. The van der Waals surface area contributed by atoms with E-state index in [4.69, 9.17) is 21.3 Å². The average Bonchev–Trinajstić information content (AvgIpc) is 3.48. The van der Waals surface area contributed by atoms with Gasteiger partial charge >= 0.3 is 0 Å². The molecular weight excluding hydrogens is 448 g/mol. The second-order valence-electron chi connectivity index (χ2n) is 10.0. The lowest BCUT2D eigenvalue weighted by Gasteiger charge is -2.17. The van der Waals surface area contributed by atoms with Gasteiger partial charge in [-0.1, -0.05) is 54.1 Å². The minimum atomic E-state index is 0.478. The molecule has 36 heavy (non-hydrogen) atoms. The van der Waals surface area contributed by atoms with Crippen LogP contribution < -0.4 is 4.74 Å². The third-order valence-corrected chi connectivity index (χ3v) is 6.64. The van der Waals surface area contributed by atoms with Gasteiger partial charge in [-0.3, -0.25) is 4.40 Å². The first-order valence-corrected chi connectivity index (χ1v) is 12.3. The maximum atomic E-state index is 7.34. The summed E-state index contributed by atoms with van der Waals surface area (Å²) in [6, 6.07) is 16.1. The molecule has 4 aromatic rings. The number of ether oxygens (including phenoxy) is 1. The van der Waals surface area contributed by atoms with Crippen LogP contribution in [0.5, 0.6) is 5.88 Å². The Bertz CT molecular complexity index is 1400. The second kappa shape index (κ2) is 10.1. The Morgan fingerprint density at radius 3 is 2.42 bits per heavy atom. The Morgan fingerprint density at radius 1 is 1.06 bits per heavy atom. The Kier molecular flexibility index (Phi) is 6.73. The van der Waals surface area contributed by atoms with Gasteiger partial charge in [0.25, 0.3) is 5.88 Å². The summed E-state index contributed by atoms with van der Waals surface area (Å²) >= 11 is 0. The smallest absolute Gasteiger partial charge is 0.259 e. The molecule has 0 radical (unpaired) electrons. The third kappa shape index (κ3) is 4.97. The first kappa shape index (κ1) is 24.0. The minimum absolute atomic E-state index is 0.478. The van der Waals surface area contributed by atoms with Crippen molar-refractivity contribution in [2.24, 2.45) is 5.92 Å². The minimum Gasteiger partial charge on any atom is -0.475 e. The summed E-state index contributed by atoms with van der Waals surface area (Å²) in [4.78, 5) is 18.1. The van der Waals surface area contributed by atoms with Gasteiger partial charge in [-0.05, 0) is 46.6 Å². The fourth-order valence-electron chi connectivity index (χ4n) is 4.81. The van der Waals surface area contributed by atoms with Gasteiger partial charge in [-0.2, -0.15) is 0 Å². The number of fused-ring (bicyclic) bond motifs is 1. The van der Waals surface area contributed by atoms with Crippen LogP contribution in [0.2, 0.25) is 0 Å². The molecule has 0 aliphatic carbocycles. The molecule has 0 spiro atoms. The van der Waals surface area contributed by atoms with E-state index in [1.54, 1.807) is 0 Å². The van der Waals surface area contributed by atoms with Crippen LogP contribution in [0.15, 0.2) is 54.7 Å². The lowest BCUT2D eigenvalue weighted by molar-refractivity contribution is 0.242. The summed E-state index contributed by atoms with van der Waals surface area (Å²) in [5.74, 6) is 1.03. The molecule has 0 amide bonds. The molecule has 1 aliphatic heterocycles. The van der Waals surface area contributed by atoms with Crippen LogP contribution in [0.25, 0.3) is 33.0 Å². The van der Waals surface area contributed by atoms with Crippen molar-refractivity contribution in [1.29, 1.82) is 0 Å². The zero-order chi connectivity index (χ0) is 25.2. The van der Waals surface area contributed by atoms with E-state index in [0.717, 1.165) is 59.9 Å². The monoisotopic (exact) mass is 480 g/mol. The topological polar surface area (TPSA) is 50.3 Å². The molecule has 5 rings (SSSR count). The van der Waals surface area contributed by atoms with Crippen molar-refractivity contribution < 1.29 is 4.74 Å². The molecule has 0 saturated carbocycles. The van der Waals surface area contributed by atoms with E-state index in [1.165, 1.54) is 5.56 Å². The highest BCUT2D eigenvalue weighted by molar-refractivity contribution is 5.82. The lowest BCUT2D eigenvalue weighted by atomic mass is 10.0. The molecule has 7 heteroatoms. The van der Waals surface area contributed by atoms with Crippen molar-refractivity contribution in [3.05, 3.63) is 77.4 Å². The lowest BCUT2D eigenvalue weighted by Crippen LogP contribution is -2.18. The van der Waals surface area contributed by atoms with Gasteiger partial charge in [0.05, 0.1) is 30.3 Å². The second-order valence-corrected chi connectivity index (χ2v) is 10.0. The number of rotatable bonds is 7. The maximum absolute atomic E-state index is 7.34. The van der Waals surface area contributed by atoms with Gasteiger partial charge in [0.1, 0.15) is 0 Å². The van der Waals surface area contributed by atoms with Crippen molar-refractivity contribution in [1.82, 2.24) is 24.2 Å². The fourth-order valence-corrected chi connectivity index (χ4v) is 4.81. The van der Waals surface area contributed by atoms with Crippen LogP contribution in [0.3, 0.4) is 0 Å². The van der Waals surface area contributed by atoms with Gasteiger partial charge in [-0.15, -0.1) is 0 Å². The Hall–Kier alpha value is -3.73. The highest BCUT2D eigenvalue weighted by atomic mass is 16.5. The van der Waals surface area contributed by atoms with E-state index in [-0.39, 0.29) is 0 Å². The summed E-state index contributed by atoms with van der Waals surface area (Å²) < 4.78 is 8.53. The zero-order valence-electron chi connectivity index (χ0n) is 21.4. The van der Waals surface area contributed by atoms with Gasteiger partial charge in [-0.25, -0.2) is 14.8 Å². The van der Waals surface area contributed by atoms with Crippen molar-refractivity contribution in [3.8, 4) is 28.4 Å². The number of hydrogen-bond acceptors (Lipinski definition) is 5. The van der Waals surface area contributed by atoms with Crippen LogP contribution in [-0.4, -0.2) is 65.0 Å². The predicted molar refractivity (Wildman–Crippen MR) is 143 cm³/mol. The Morgan fingerprint density at radius 2 is 1.78 bits per heavy atom. The zero-order valence-corrected chi connectivity index (χ0v) is 21.4. The van der Waals surface area contributed by atoms with Crippen LogP contribution in [0, 0.1) is 19.4 Å². The highest BCUT2D eigenvalue weighted by Gasteiger charge is 2.24. The van der Waals surface area contributed by atoms with Gasteiger partial charge in [0, 0.05) is 30.8 Å². The standard InChI is InChI=1S/C29H32N6O/c1-20-6-8-23(9-7-20)27-26(22-10-12-24(30-2)13-11-22)32-29(36-19-21-14-15-34(5)16-21)28-31-25(17-33(3)4)18-35(27)28/h6-13,18,21H,14-17,19H2,1,3-5H3/t21-/m1/s1. The number of benzene rings is 2. The fraction of sp³-hybridized carbons (Fsp3) is 0.345. The molecule has 3 heterocycles. The molecule has 184 valence electrons. The summed E-state index contributed by atoms with van der Waals surface area (Å²) in [5, 5.41) is 0. The van der Waals surface area contributed by atoms with Crippen LogP contribution in [-0.2, 0) is 6.54 Å². The molecule has 0 N–H and O–H groups in total. The molecule has 1 fully saturated rings. The predicted octanol–water partition coefficient (Wildman–Crippen LogP) is 5.31. The van der Waals surface area contributed by atoms with E-state index in [1.807, 2.05) is 38.4 Å². The molecule has 1 aliphatic rings. The van der Waals surface area contributed by atoms with Crippen molar-refractivity contribution >= 4 is 11.3 Å². The molecule has 7 nitrogen and oxygen atoms in total. The average molecular weight is 481 g/mol. The molecule has 2 aromatic heterocycles. The van der Waals surface area contributed by atoms with Crippen LogP contribution in [0.1, 0.15) is 17.7 Å². The molecule has 0 unspecified atom stereocenters. The largest absolute Gasteiger partial charge is 0.475 e. The third-order valence-electron chi connectivity index (χ3n) is 6.64. The molecular formula is C29H32N6O. The Labute approximate surface area is 212 Å².